The first-order valence-electron chi connectivity index (χ1n) is 16.9. The van der Waals surface area contributed by atoms with Gasteiger partial charge in [-0.05, 0) is 54.0 Å². The van der Waals surface area contributed by atoms with Gasteiger partial charge in [0.15, 0.2) is 10.7 Å². The number of aliphatic hydroxyl groups is 1. The number of rotatable bonds is 9. The minimum Gasteiger partial charge on any atom is -0.512 e. The number of carbonyl (C=O) groups excluding carboxylic acids is 1. The SMILES string of the molecule is CC(C)(C)Cc1cc2c(o1)sc1ccnc(-c3[c-]c4ccccc4c(C(C)(C)C)c3)c12.CCC(CC)C(=O)/C=C(\O)C(CC)CC.[Ir]. The molecular formula is C41H52IrNO3S-. The van der Waals surface area contributed by atoms with Crippen molar-refractivity contribution < 1.29 is 34.4 Å². The Labute approximate surface area is 299 Å². The molecule has 0 spiro atoms. The topological polar surface area (TPSA) is 63.3 Å². The monoisotopic (exact) mass is 831 g/mol. The van der Waals surface area contributed by atoms with Crippen LogP contribution < -0.4 is 0 Å². The van der Waals surface area contributed by atoms with Gasteiger partial charge in [0.2, 0.25) is 0 Å². The van der Waals surface area contributed by atoms with Crippen LogP contribution in [0, 0.1) is 23.3 Å². The molecule has 0 atom stereocenters. The van der Waals surface area contributed by atoms with Crippen LogP contribution in [-0.2, 0) is 36.7 Å². The van der Waals surface area contributed by atoms with Gasteiger partial charge in [-0.2, -0.15) is 0 Å². The molecule has 0 amide bonds. The number of carbonyl (C=O) groups is 1. The van der Waals surface area contributed by atoms with E-state index in [9.17, 15) is 9.90 Å². The van der Waals surface area contributed by atoms with E-state index in [-0.39, 0.29) is 54.3 Å². The summed E-state index contributed by atoms with van der Waals surface area (Å²) in [5, 5.41) is 14.5. The van der Waals surface area contributed by atoms with Crippen LogP contribution in [-0.4, -0.2) is 15.9 Å². The third kappa shape index (κ3) is 9.22. The van der Waals surface area contributed by atoms with Gasteiger partial charge in [-0.3, -0.25) is 9.78 Å². The molecule has 0 saturated heterocycles. The van der Waals surface area contributed by atoms with E-state index in [1.165, 1.54) is 32.5 Å². The number of nitrogens with zero attached hydrogens (tertiary/aromatic N) is 1. The summed E-state index contributed by atoms with van der Waals surface area (Å²) in [7, 11) is 0. The second kappa shape index (κ2) is 16.1. The number of hydrogen-bond donors (Lipinski definition) is 1. The molecule has 3 heterocycles. The first kappa shape index (κ1) is 38.7. The van der Waals surface area contributed by atoms with Gasteiger partial charge in [-0.25, -0.2) is 0 Å². The first-order chi connectivity index (χ1) is 21.7. The van der Waals surface area contributed by atoms with Crippen molar-refractivity contribution in [1.82, 2.24) is 4.98 Å². The van der Waals surface area contributed by atoms with Crippen LogP contribution in [0.15, 0.2) is 64.9 Å². The van der Waals surface area contributed by atoms with E-state index in [0.717, 1.165) is 59.4 Å². The number of allylic oxidation sites excluding steroid dienone is 2. The normalized spacial score (nSPS) is 12.6. The zero-order valence-corrected chi connectivity index (χ0v) is 33.1. The average molecular weight is 831 g/mol. The number of furan rings is 1. The van der Waals surface area contributed by atoms with Gasteiger partial charge in [-0.1, -0.05) is 110 Å². The Morgan fingerprint density at radius 3 is 2.17 bits per heavy atom. The van der Waals surface area contributed by atoms with E-state index in [0.29, 0.717) is 0 Å². The van der Waals surface area contributed by atoms with E-state index in [1.54, 1.807) is 11.3 Å². The van der Waals surface area contributed by atoms with Gasteiger partial charge in [0.1, 0.15) is 5.76 Å². The number of benzene rings is 2. The van der Waals surface area contributed by atoms with Crippen molar-refractivity contribution in [2.45, 2.75) is 107 Å². The van der Waals surface area contributed by atoms with Crippen molar-refractivity contribution >= 4 is 48.3 Å². The molecule has 5 aromatic rings. The van der Waals surface area contributed by atoms with Gasteiger partial charge in [0.05, 0.1) is 5.76 Å². The molecule has 6 heteroatoms. The van der Waals surface area contributed by atoms with Crippen molar-refractivity contribution in [1.29, 1.82) is 0 Å². The Balaban J connectivity index is 0.000000322. The molecule has 0 fully saturated rings. The smallest absolute Gasteiger partial charge is 0.188 e. The van der Waals surface area contributed by atoms with Crippen molar-refractivity contribution in [3.63, 3.8) is 0 Å². The summed E-state index contributed by atoms with van der Waals surface area (Å²) in [4.78, 5) is 17.5. The van der Waals surface area contributed by atoms with Gasteiger partial charge in [0, 0.05) is 66.4 Å². The number of aliphatic hydroxyl groups excluding tert-OH is 1. The third-order valence-electron chi connectivity index (χ3n) is 8.76. The molecule has 0 aliphatic rings. The fourth-order valence-electron chi connectivity index (χ4n) is 6.13. The molecule has 5 rings (SSSR count). The van der Waals surface area contributed by atoms with Gasteiger partial charge in [-0.15, -0.1) is 29.1 Å². The number of pyridine rings is 1. The fraction of sp³-hybridized carbons (Fsp3) is 0.463. The number of aromatic nitrogens is 1. The Morgan fingerprint density at radius 2 is 1.57 bits per heavy atom. The summed E-state index contributed by atoms with van der Waals surface area (Å²) < 4.78 is 7.46. The average Bonchev–Trinajstić information content (AvgIpc) is 3.53. The quantitative estimate of drug-likeness (QED) is 0.0913. The molecule has 0 bridgehead atoms. The van der Waals surface area contributed by atoms with Crippen molar-refractivity contribution in [2.24, 2.45) is 17.3 Å². The minimum atomic E-state index is 0. The zero-order chi connectivity index (χ0) is 33.8. The van der Waals surface area contributed by atoms with Crippen LogP contribution in [0.5, 0.6) is 0 Å². The van der Waals surface area contributed by atoms with Crippen LogP contribution in [0.3, 0.4) is 0 Å². The van der Waals surface area contributed by atoms with Crippen LogP contribution >= 0.6 is 11.3 Å². The molecule has 0 unspecified atom stereocenters. The first-order valence-corrected chi connectivity index (χ1v) is 17.7. The molecule has 0 aliphatic heterocycles. The molecule has 1 N–H and O–H groups in total. The number of fused-ring (bicyclic) bond motifs is 4. The summed E-state index contributed by atoms with van der Waals surface area (Å²) in [5.41, 5.74) is 3.57. The molecular weight excluding hydrogens is 779 g/mol. The third-order valence-corrected chi connectivity index (χ3v) is 9.81. The largest absolute Gasteiger partial charge is 0.512 e. The van der Waals surface area contributed by atoms with Gasteiger partial charge in [0.25, 0.3) is 0 Å². The molecule has 3 aromatic heterocycles. The Morgan fingerprint density at radius 1 is 0.936 bits per heavy atom. The van der Waals surface area contributed by atoms with E-state index in [2.05, 4.69) is 90.1 Å². The van der Waals surface area contributed by atoms with Crippen LogP contribution in [0.2, 0.25) is 0 Å². The molecule has 4 nitrogen and oxygen atoms in total. The summed E-state index contributed by atoms with van der Waals surface area (Å²) in [6.45, 7) is 21.6. The molecule has 0 saturated carbocycles. The standard InChI is InChI=1S/C28H28NOS.C13H24O2.Ir/c1-27(2,3)16-19-15-21-24-23(31-26(21)30-19)11-12-29-25(24)18-13-17-9-7-8-10-20(17)22(14-18)28(4,5)6;1-5-10(6-2)12(14)9-13(15)11(7-3)8-4;/h7-12,14-15H,16H2,1-6H3;9-11,14H,5-8H2,1-4H3;/q-1;;/b;12-9-;. The predicted octanol–water partition coefficient (Wildman–Crippen LogP) is 12.4. The Hall–Kier alpha value is -2.79. The second-order valence-electron chi connectivity index (χ2n) is 14.7. The zero-order valence-electron chi connectivity index (χ0n) is 29.8. The Kier molecular flexibility index (Phi) is 13.2. The molecule has 47 heavy (non-hydrogen) atoms. The fourth-order valence-corrected chi connectivity index (χ4v) is 7.19. The summed E-state index contributed by atoms with van der Waals surface area (Å²) in [6.07, 6.45) is 7.73. The number of ketones is 1. The maximum absolute atomic E-state index is 11.7. The number of thiophene rings is 1. The van der Waals surface area contributed by atoms with E-state index in [1.807, 2.05) is 33.9 Å². The van der Waals surface area contributed by atoms with E-state index < -0.39 is 0 Å². The summed E-state index contributed by atoms with van der Waals surface area (Å²) in [5.74, 6) is 1.59. The maximum Gasteiger partial charge on any atom is 0.188 e. The van der Waals surface area contributed by atoms with Crippen LogP contribution in [0.25, 0.3) is 42.4 Å². The van der Waals surface area contributed by atoms with E-state index >= 15 is 0 Å². The summed E-state index contributed by atoms with van der Waals surface area (Å²) in [6, 6.07) is 18.8. The molecule has 2 aromatic carbocycles. The van der Waals surface area contributed by atoms with Crippen molar-refractivity contribution in [3.8, 4) is 11.3 Å². The second-order valence-corrected chi connectivity index (χ2v) is 15.7. The van der Waals surface area contributed by atoms with Crippen molar-refractivity contribution in [2.75, 3.05) is 0 Å². The van der Waals surface area contributed by atoms with Gasteiger partial charge < -0.3 is 9.52 Å². The minimum absolute atomic E-state index is 0. The van der Waals surface area contributed by atoms with Crippen LogP contribution in [0.4, 0.5) is 0 Å². The summed E-state index contributed by atoms with van der Waals surface area (Å²) >= 11 is 1.71. The van der Waals surface area contributed by atoms with Crippen LogP contribution in [0.1, 0.15) is 106 Å². The van der Waals surface area contributed by atoms with Gasteiger partial charge >= 0.3 is 0 Å². The van der Waals surface area contributed by atoms with E-state index in [4.69, 9.17) is 9.40 Å². The number of hydrogen-bond acceptors (Lipinski definition) is 5. The maximum atomic E-state index is 11.7. The molecule has 1 radical (unpaired) electrons. The predicted molar refractivity (Wildman–Crippen MR) is 197 cm³/mol. The van der Waals surface area contributed by atoms with Crippen molar-refractivity contribution in [3.05, 3.63) is 77.9 Å². The Bertz CT molecular complexity index is 1820. The molecule has 255 valence electrons. The molecule has 0 aliphatic carbocycles.